The predicted octanol–water partition coefficient (Wildman–Crippen LogP) is 16.9. The number of aromatic hydroxyl groups is 7. The van der Waals surface area contributed by atoms with E-state index in [0.29, 0.717) is 84.4 Å². The first-order valence-electron chi connectivity index (χ1n) is 40.6. The molecular formula is C95H132O28. The summed E-state index contributed by atoms with van der Waals surface area (Å²) in [6.45, 7) is 29.1. The van der Waals surface area contributed by atoms with Gasteiger partial charge in [-0.3, -0.25) is 33.6 Å². The van der Waals surface area contributed by atoms with Crippen LogP contribution in [0.1, 0.15) is 174 Å². The van der Waals surface area contributed by atoms with Crippen molar-refractivity contribution in [1.82, 2.24) is 0 Å². The summed E-state index contributed by atoms with van der Waals surface area (Å²) >= 11 is 0. The Hall–Kier alpha value is -12.2. The summed E-state index contributed by atoms with van der Waals surface area (Å²) in [6.07, 6.45) is 10.2. The van der Waals surface area contributed by atoms with Gasteiger partial charge in [-0.15, -0.1) is 0 Å². The molecule has 2 unspecified atom stereocenters. The van der Waals surface area contributed by atoms with E-state index in [9.17, 15) is 69.3 Å². The molecule has 0 fully saturated rings. The van der Waals surface area contributed by atoms with E-state index in [-0.39, 0.29) is 139 Å². The van der Waals surface area contributed by atoms with Crippen LogP contribution in [0.25, 0.3) is 0 Å². The van der Waals surface area contributed by atoms with Gasteiger partial charge in [0.1, 0.15) is 5.60 Å². The lowest BCUT2D eigenvalue weighted by Gasteiger charge is -2.23. The number of hydrogen-bond donors (Lipinski definition) is 7. The minimum Gasteiger partial charge on any atom is -0.504 e. The molecule has 7 rings (SSSR count). The van der Waals surface area contributed by atoms with Crippen LogP contribution in [-0.2, 0) is 112 Å². The standard InChI is InChI=1S/C15H20O4.3C14H20O4.2C13H18O4.C12H16O4/c1-3-4-5-6-9-19-15(17)11-12-7-8-13(16)14(10-12)18-2;1-10(2)6-7-18-14(16)9-11-4-5-12(15)13(8-11)17-3;1-5-14(2,3)18-13(16)9-10-6-7-11(15)12(8-10)17-4;1-4-10(2)9-18-14(16)8-11-5-6-12(15)13(7-11)17-3;1-9(2)8-17-13(15)7-10-4-5-11(14)12(6-10)16-3;1-4-9(2)17-13(15)8-10-5-6-11(14)12(7-10)16-3;1-8(2)16-12(14)7-9-4-5-10(13)11(6-9)15-3/h4-5,7-8,10,16H,3,6,9,11H2,1-2H3;4-5,8,10,15H,6-7,9H2,1-3H3;6-8,15H,5,9H2,1-4H3;5-7,10,15H,4,8-9H2,1-3H3;4-6,9,14H,7-8H2,1-3H3;5-7,9,14H,4,8H2,1-3H3;4-6,8,13H,7H2,1-3H3/b5-4-;;;;;;. The number of phenols is 7. The number of hydrogen-bond acceptors (Lipinski definition) is 28. The molecule has 0 bridgehead atoms. The van der Waals surface area contributed by atoms with Crippen LogP contribution < -0.4 is 33.2 Å². The van der Waals surface area contributed by atoms with E-state index in [1.54, 1.807) is 98.8 Å². The highest BCUT2D eigenvalue weighted by Gasteiger charge is 2.22. The molecule has 7 aromatic rings. The summed E-state index contributed by atoms with van der Waals surface area (Å²) in [5.74, 6) is 2.25. The van der Waals surface area contributed by atoms with Gasteiger partial charge < -0.3 is 102 Å². The Morgan fingerprint density at radius 1 is 0.333 bits per heavy atom. The molecule has 0 radical (unpaired) electrons. The molecule has 0 aliphatic heterocycles. The first-order valence-corrected chi connectivity index (χ1v) is 40.6. The van der Waals surface area contributed by atoms with Gasteiger partial charge in [0, 0.05) is 0 Å². The minimum absolute atomic E-state index is 0.0588. The first kappa shape index (κ1) is 109. The average Bonchev–Trinajstić information content (AvgIpc) is 0.879. The van der Waals surface area contributed by atoms with Crippen molar-refractivity contribution in [2.75, 3.05) is 76.2 Å². The summed E-state index contributed by atoms with van der Waals surface area (Å²) in [5, 5.41) is 66.0. The predicted molar refractivity (Wildman–Crippen MR) is 468 cm³/mol. The van der Waals surface area contributed by atoms with Crippen molar-refractivity contribution in [2.24, 2.45) is 17.8 Å². The molecule has 2 atom stereocenters. The summed E-state index contributed by atoms with van der Waals surface area (Å²) < 4.78 is 70.8. The molecule has 0 saturated heterocycles. The largest absolute Gasteiger partial charge is 0.504 e. The molecule has 7 N–H and O–H groups in total. The van der Waals surface area contributed by atoms with E-state index in [0.717, 1.165) is 77.5 Å². The molecule has 0 spiro atoms. The maximum atomic E-state index is 11.7. The van der Waals surface area contributed by atoms with E-state index in [1.165, 1.54) is 92.2 Å². The molecule has 680 valence electrons. The molecule has 28 nitrogen and oxygen atoms in total. The van der Waals surface area contributed by atoms with Gasteiger partial charge in [0.25, 0.3) is 0 Å². The SMILES string of the molecule is CC/C=C\CCOC(=O)Cc1ccc(O)c(OC)c1.CCC(C)(C)OC(=O)Cc1ccc(O)c(OC)c1.CCC(C)COC(=O)Cc1ccc(O)c(OC)c1.CCC(C)OC(=O)Cc1ccc(O)c(OC)c1.COc1cc(CC(=O)OC(C)C)ccc1O.COc1cc(CC(=O)OCC(C)C)ccc1O.COc1cc(CC(=O)OCCC(C)C)ccc1O. The summed E-state index contributed by atoms with van der Waals surface area (Å²) in [7, 11) is 10.3. The van der Waals surface area contributed by atoms with Crippen molar-refractivity contribution in [3.63, 3.8) is 0 Å². The first-order chi connectivity index (χ1) is 58.2. The van der Waals surface area contributed by atoms with Gasteiger partial charge >= 0.3 is 41.8 Å². The minimum atomic E-state index is -0.446. The van der Waals surface area contributed by atoms with E-state index < -0.39 is 5.60 Å². The normalized spacial score (nSPS) is 11.0. The van der Waals surface area contributed by atoms with E-state index in [1.807, 2.05) is 67.5 Å². The Morgan fingerprint density at radius 2 is 0.610 bits per heavy atom. The van der Waals surface area contributed by atoms with E-state index in [4.69, 9.17) is 66.3 Å². The molecule has 123 heavy (non-hydrogen) atoms. The lowest BCUT2D eigenvalue weighted by Crippen LogP contribution is -2.27. The summed E-state index contributed by atoms with van der Waals surface area (Å²) in [6, 6.07) is 33.7. The average molecular weight is 1720 g/mol. The molecule has 0 saturated carbocycles. The van der Waals surface area contributed by atoms with Crippen LogP contribution in [0, 0.1) is 17.8 Å². The van der Waals surface area contributed by atoms with Gasteiger partial charge in [-0.05, 0) is 208 Å². The zero-order valence-corrected chi connectivity index (χ0v) is 75.4. The van der Waals surface area contributed by atoms with Gasteiger partial charge in [0.2, 0.25) is 0 Å². The number of carbonyl (C=O) groups excluding carboxylic acids is 7. The lowest BCUT2D eigenvalue weighted by atomic mass is 10.1. The smallest absolute Gasteiger partial charge is 0.310 e. The maximum absolute atomic E-state index is 11.7. The number of esters is 7. The summed E-state index contributed by atoms with van der Waals surface area (Å²) in [4.78, 5) is 80.9. The van der Waals surface area contributed by atoms with Crippen LogP contribution in [0.2, 0.25) is 0 Å². The van der Waals surface area contributed by atoms with Crippen LogP contribution in [0.15, 0.2) is 140 Å². The molecule has 28 heteroatoms. The van der Waals surface area contributed by atoms with Gasteiger partial charge in [0.15, 0.2) is 80.5 Å². The summed E-state index contributed by atoms with van der Waals surface area (Å²) in [5.41, 5.74) is 4.85. The third kappa shape index (κ3) is 47.5. The van der Waals surface area contributed by atoms with Crippen molar-refractivity contribution in [1.29, 1.82) is 0 Å². The Morgan fingerprint density at radius 3 is 0.870 bits per heavy atom. The van der Waals surface area contributed by atoms with Crippen molar-refractivity contribution in [3.8, 4) is 80.5 Å². The van der Waals surface area contributed by atoms with E-state index in [2.05, 4.69) is 27.7 Å². The van der Waals surface area contributed by atoms with Gasteiger partial charge in [0.05, 0.1) is 133 Å². The second-order valence-electron chi connectivity index (χ2n) is 29.7. The fourth-order valence-electron chi connectivity index (χ4n) is 9.81. The lowest BCUT2D eigenvalue weighted by molar-refractivity contribution is -0.156. The molecule has 0 heterocycles. The van der Waals surface area contributed by atoms with Crippen LogP contribution in [0.5, 0.6) is 80.5 Å². The Balaban J connectivity index is 0.000000718. The number of benzene rings is 7. The molecular weight excluding hydrogens is 1590 g/mol. The zero-order valence-electron chi connectivity index (χ0n) is 75.4. The van der Waals surface area contributed by atoms with Crippen LogP contribution in [0.3, 0.4) is 0 Å². The van der Waals surface area contributed by atoms with Gasteiger partial charge in [-0.2, -0.15) is 0 Å². The third-order valence-electron chi connectivity index (χ3n) is 17.4. The molecule has 0 aromatic heterocycles. The molecule has 0 amide bonds. The number of ether oxygens (including phenoxy) is 14. The number of allylic oxidation sites excluding steroid dienone is 1. The van der Waals surface area contributed by atoms with Crippen LogP contribution in [0.4, 0.5) is 0 Å². The number of methoxy groups -OCH3 is 7. The van der Waals surface area contributed by atoms with Gasteiger partial charge in [-0.1, -0.05) is 123 Å². The highest BCUT2D eigenvalue weighted by atomic mass is 16.6. The Labute approximate surface area is 725 Å². The highest BCUT2D eigenvalue weighted by Crippen LogP contribution is 2.33. The Kier molecular flexibility index (Phi) is 53.3. The van der Waals surface area contributed by atoms with Gasteiger partial charge in [-0.25, -0.2) is 0 Å². The van der Waals surface area contributed by atoms with Crippen LogP contribution in [-0.4, -0.2) is 172 Å². The second kappa shape index (κ2) is 60.3. The fraction of sp³-hybridized carbons (Fsp3) is 0.463. The quantitative estimate of drug-likeness (QED) is 0.00818. The molecule has 0 aliphatic carbocycles. The number of carbonyl (C=O) groups is 7. The Bertz CT molecular complexity index is 4330. The van der Waals surface area contributed by atoms with Crippen molar-refractivity contribution < 1.29 is 136 Å². The number of rotatable bonds is 38. The highest BCUT2D eigenvalue weighted by molar-refractivity contribution is 5.76. The van der Waals surface area contributed by atoms with Crippen molar-refractivity contribution >= 4 is 41.8 Å². The molecule has 7 aromatic carbocycles. The second-order valence-corrected chi connectivity index (χ2v) is 29.7. The maximum Gasteiger partial charge on any atom is 0.310 e. The number of phenolic OH excluding ortho intramolecular Hbond substituents is 7. The molecule has 0 aliphatic rings. The third-order valence-corrected chi connectivity index (χ3v) is 17.4. The fourth-order valence-corrected chi connectivity index (χ4v) is 9.81. The van der Waals surface area contributed by atoms with E-state index >= 15 is 0 Å². The zero-order chi connectivity index (χ0) is 92.7. The monoisotopic (exact) mass is 1720 g/mol. The van der Waals surface area contributed by atoms with Crippen LogP contribution >= 0.6 is 0 Å². The van der Waals surface area contributed by atoms with Crippen molar-refractivity contribution in [3.05, 3.63) is 178 Å². The topological polar surface area (TPSA) is 390 Å². The van der Waals surface area contributed by atoms with Crippen molar-refractivity contribution in [2.45, 2.75) is 198 Å².